The number of sulfonamides is 1. The van der Waals surface area contributed by atoms with Crippen molar-refractivity contribution in [1.82, 2.24) is 10.2 Å². The molecule has 11 heteroatoms. The number of hydrogen-bond donors (Lipinski definition) is 1. The maximum atomic E-state index is 14.0. The summed E-state index contributed by atoms with van der Waals surface area (Å²) in [5.41, 5.74) is 0.681. The number of carbonyl (C=O) groups excluding carboxylic acids is 2. The molecule has 0 aromatic heterocycles. The summed E-state index contributed by atoms with van der Waals surface area (Å²) in [4.78, 5) is 28.2. The van der Waals surface area contributed by atoms with Gasteiger partial charge in [-0.05, 0) is 60.9 Å². The fraction of sp³-hybridized carbons (Fsp3) is 0.310. The molecule has 0 radical (unpaired) electrons. The fourth-order valence-corrected chi connectivity index (χ4v) is 5.49. The molecule has 8 nitrogen and oxygen atoms in total. The molecule has 0 saturated heterocycles. The van der Waals surface area contributed by atoms with E-state index >= 15 is 0 Å². The molecule has 0 heterocycles. The minimum atomic E-state index is -4.28. The number of benzene rings is 3. The Bertz CT molecular complexity index is 1440. The number of halogens is 2. The lowest BCUT2D eigenvalue weighted by Gasteiger charge is -2.32. The van der Waals surface area contributed by atoms with Crippen LogP contribution >= 0.6 is 11.6 Å². The highest BCUT2D eigenvalue weighted by atomic mass is 35.5. The molecule has 1 atom stereocenters. The average Bonchev–Trinajstić information content (AvgIpc) is 2.94. The topological polar surface area (TPSA) is 96.0 Å². The van der Waals surface area contributed by atoms with Gasteiger partial charge in [0.25, 0.3) is 10.0 Å². The van der Waals surface area contributed by atoms with Crippen molar-refractivity contribution < 1.29 is 27.1 Å². The van der Waals surface area contributed by atoms with Crippen molar-refractivity contribution in [2.75, 3.05) is 24.5 Å². The summed E-state index contributed by atoms with van der Waals surface area (Å²) < 4.78 is 47.6. The highest BCUT2D eigenvalue weighted by Gasteiger charge is 2.32. The van der Waals surface area contributed by atoms with E-state index < -0.39 is 34.3 Å². The number of nitrogens with zero attached hydrogens (tertiary/aromatic N) is 2. The molecule has 1 unspecified atom stereocenters. The molecule has 0 aliphatic carbocycles. The summed E-state index contributed by atoms with van der Waals surface area (Å²) >= 11 is 5.98. The van der Waals surface area contributed by atoms with Gasteiger partial charge in [-0.25, -0.2) is 12.8 Å². The lowest BCUT2D eigenvalue weighted by atomic mass is 10.1. The van der Waals surface area contributed by atoms with Crippen molar-refractivity contribution in [1.29, 1.82) is 0 Å². The molecule has 2 amide bonds. The largest absolute Gasteiger partial charge is 0.497 e. The van der Waals surface area contributed by atoms with Crippen LogP contribution in [0.15, 0.2) is 77.7 Å². The van der Waals surface area contributed by atoms with E-state index in [1.807, 2.05) is 13.8 Å². The van der Waals surface area contributed by atoms with Crippen molar-refractivity contribution >= 4 is 39.1 Å². The molecule has 3 aromatic carbocycles. The number of nitrogens with one attached hydrogen (secondary N) is 1. The van der Waals surface area contributed by atoms with E-state index in [2.05, 4.69) is 5.32 Å². The van der Waals surface area contributed by atoms with Crippen molar-refractivity contribution in [2.45, 2.75) is 38.3 Å². The normalized spacial score (nSPS) is 12.1. The van der Waals surface area contributed by atoms with Crippen molar-refractivity contribution in [3.05, 3.63) is 89.2 Å². The summed E-state index contributed by atoms with van der Waals surface area (Å²) in [6.45, 7) is 5.24. The predicted molar refractivity (Wildman–Crippen MR) is 153 cm³/mol. The first-order valence-electron chi connectivity index (χ1n) is 12.7. The van der Waals surface area contributed by atoms with Crippen LogP contribution in [0.5, 0.6) is 5.75 Å². The standard InChI is InChI=1S/C29H33ClFN3O5S/c1-20(2)17-32-29(36)21(3)33(18-22-9-8-10-24(15-22)39-4)28(35)19-34(23-13-14-27(31)26(30)16-23)40(37,38)25-11-6-5-7-12-25/h5-16,20-21H,17-19H2,1-4H3,(H,32,36). The molecule has 40 heavy (non-hydrogen) atoms. The number of anilines is 1. The van der Waals surface area contributed by atoms with Crippen molar-refractivity contribution in [3.8, 4) is 5.75 Å². The molecule has 0 spiro atoms. The first-order chi connectivity index (χ1) is 18.9. The molecule has 0 aliphatic rings. The second-order valence-electron chi connectivity index (χ2n) is 9.61. The van der Waals surface area contributed by atoms with Crippen LogP contribution in [-0.4, -0.2) is 51.4 Å². The van der Waals surface area contributed by atoms with Crippen LogP contribution in [0.2, 0.25) is 5.02 Å². The van der Waals surface area contributed by atoms with Gasteiger partial charge in [0.05, 0.1) is 22.7 Å². The fourth-order valence-electron chi connectivity index (χ4n) is 3.89. The number of rotatable bonds is 12. The summed E-state index contributed by atoms with van der Waals surface area (Å²) in [5, 5.41) is 2.53. The Morgan fingerprint density at radius 1 is 1.00 bits per heavy atom. The number of carbonyl (C=O) groups is 2. The minimum Gasteiger partial charge on any atom is -0.497 e. The zero-order valence-corrected chi connectivity index (χ0v) is 24.4. The third kappa shape index (κ3) is 7.73. The zero-order chi connectivity index (χ0) is 29.4. The Morgan fingerprint density at radius 3 is 2.33 bits per heavy atom. The summed E-state index contributed by atoms with van der Waals surface area (Å²) in [5.74, 6) is -1.00. The minimum absolute atomic E-state index is 0.00171. The van der Waals surface area contributed by atoms with Gasteiger partial charge in [0.2, 0.25) is 11.8 Å². The van der Waals surface area contributed by atoms with Gasteiger partial charge in [-0.15, -0.1) is 0 Å². The van der Waals surface area contributed by atoms with E-state index in [1.54, 1.807) is 49.4 Å². The number of methoxy groups -OCH3 is 1. The van der Waals surface area contributed by atoms with Crippen LogP contribution in [0.4, 0.5) is 10.1 Å². The molecule has 1 N–H and O–H groups in total. The molecule has 3 rings (SSSR count). The van der Waals surface area contributed by atoms with Gasteiger partial charge in [0.15, 0.2) is 0 Å². The first-order valence-corrected chi connectivity index (χ1v) is 14.5. The number of amides is 2. The SMILES string of the molecule is COc1cccc(CN(C(=O)CN(c2ccc(F)c(Cl)c2)S(=O)(=O)c2ccccc2)C(C)C(=O)NCC(C)C)c1. The molecule has 3 aromatic rings. The van der Waals surface area contributed by atoms with E-state index in [0.29, 0.717) is 17.9 Å². The Hall–Kier alpha value is -3.63. The molecule has 214 valence electrons. The monoisotopic (exact) mass is 589 g/mol. The van der Waals surface area contributed by atoms with Crippen LogP contribution in [0.3, 0.4) is 0 Å². The van der Waals surface area contributed by atoms with Crippen molar-refractivity contribution in [2.24, 2.45) is 5.92 Å². The molecule has 0 fully saturated rings. The smallest absolute Gasteiger partial charge is 0.264 e. The first kappa shape index (κ1) is 30.9. The summed E-state index contributed by atoms with van der Waals surface area (Å²) in [7, 11) is -2.76. The molecular weight excluding hydrogens is 557 g/mol. The number of hydrogen-bond acceptors (Lipinski definition) is 5. The van der Waals surface area contributed by atoms with Gasteiger partial charge in [-0.3, -0.25) is 13.9 Å². The van der Waals surface area contributed by atoms with Crippen LogP contribution < -0.4 is 14.4 Å². The second kappa shape index (κ2) is 13.6. The maximum Gasteiger partial charge on any atom is 0.264 e. The van der Waals surface area contributed by atoms with Crippen LogP contribution in [0.1, 0.15) is 26.3 Å². The van der Waals surface area contributed by atoms with E-state index in [1.165, 1.54) is 30.2 Å². The third-order valence-corrected chi connectivity index (χ3v) is 8.22. The second-order valence-corrected chi connectivity index (χ2v) is 11.9. The molecule has 0 saturated carbocycles. The van der Waals surface area contributed by atoms with Gasteiger partial charge in [-0.1, -0.05) is 55.8 Å². The van der Waals surface area contributed by atoms with Crippen LogP contribution in [0.25, 0.3) is 0 Å². The lowest BCUT2D eigenvalue weighted by Crippen LogP contribution is -2.51. The molecular formula is C29H33ClFN3O5S. The van der Waals surface area contributed by atoms with Crippen LogP contribution in [0, 0.1) is 11.7 Å². The summed E-state index contributed by atoms with van der Waals surface area (Å²) in [6, 6.07) is 17.1. The zero-order valence-electron chi connectivity index (χ0n) is 22.8. The number of ether oxygens (including phenoxy) is 1. The van der Waals surface area contributed by atoms with E-state index in [4.69, 9.17) is 16.3 Å². The quantitative estimate of drug-likeness (QED) is 0.325. The maximum absolute atomic E-state index is 14.0. The van der Waals surface area contributed by atoms with Gasteiger partial charge in [-0.2, -0.15) is 0 Å². The lowest BCUT2D eigenvalue weighted by molar-refractivity contribution is -0.139. The molecule has 0 aliphatic heterocycles. The highest BCUT2D eigenvalue weighted by molar-refractivity contribution is 7.92. The third-order valence-electron chi connectivity index (χ3n) is 6.14. The molecule has 0 bridgehead atoms. The summed E-state index contributed by atoms with van der Waals surface area (Å²) in [6.07, 6.45) is 0. The average molecular weight is 590 g/mol. The highest BCUT2D eigenvalue weighted by Crippen LogP contribution is 2.28. The van der Waals surface area contributed by atoms with E-state index in [-0.39, 0.29) is 34.0 Å². The van der Waals surface area contributed by atoms with Crippen LogP contribution in [-0.2, 0) is 26.2 Å². The van der Waals surface area contributed by atoms with E-state index in [9.17, 15) is 22.4 Å². The van der Waals surface area contributed by atoms with Gasteiger partial charge >= 0.3 is 0 Å². The Balaban J connectivity index is 2.03. The Morgan fingerprint density at radius 2 is 1.70 bits per heavy atom. The van der Waals surface area contributed by atoms with Gasteiger partial charge in [0.1, 0.15) is 24.2 Å². The predicted octanol–water partition coefficient (Wildman–Crippen LogP) is 4.87. The Kier molecular flexibility index (Phi) is 10.5. The van der Waals surface area contributed by atoms with Gasteiger partial charge < -0.3 is 15.0 Å². The Labute approximate surface area is 239 Å². The van der Waals surface area contributed by atoms with E-state index in [0.717, 1.165) is 16.4 Å². The van der Waals surface area contributed by atoms with Gasteiger partial charge in [0, 0.05) is 13.1 Å². The van der Waals surface area contributed by atoms with Crippen molar-refractivity contribution in [3.63, 3.8) is 0 Å².